The van der Waals surface area contributed by atoms with Crippen LogP contribution in [0.2, 0.25) is 0 Å². The number of benzene rings is 1. The SMILES string of the molecule is Cc1ccccc1C(C(C)N)N1CCn2cnnc2C1. The lowest BCUT2D eigenvalue weighted by atomic mass is 9.94. The molecule has 106 valence electrons. The fraction of sp³-hybridized carbons (Fsp3) is 0.467. The molecular weight excluding hydrogens is 250 g/mol. The largest absolute Gasteiger partial charge is 0.326 e. The molecule has 0 fully saturated rings. The van der Waals surface area contributed by atoms with Crippen LogP contribution in [0.4, 0.5) is 0 Å². The molecule has 2 aromatic rings. The van der Waals surface area contributed by atoms with Crippen LogP contribution in [0.1, 0.15) is 29.9 Å². The minimum Gasteiger partial charge on any atom is -0.326 e. The normalized spacial score (nSPS) is 18.6. The number of nitrogens with zero attached hydrogens (tertiary/aromatic N) is 4. The maximum absolute atomic E-state index is 6.28. The number of hydrogen-bond acceptors (Lipinski definition) is 4. The molecule has 5 heteroatoms. The van der Waals surface area contributed by atoms with Gasteiger partial charge in [-0.15, -0.1) is 10.2 Å². The van der Waals surface area contributed by atoms with Crippen molar-refractivity contribution in [2.45, 2.75) is 39.0 Å². The van der Waals surface area contributed by atoms with Gasteiger partial charge in [-0.2, -0.15) is 0 Å². The van der Waals surface area contributed by atoms with E-state index in [2.05, 4.69) is 57.8 Å². The maximum atomic E-state index is 6.28. The van der Waals surface area contributed by atoms with Crippen molar-refractivity contribution in [1.29, 1.82) is 0 Å². The third kappa shape index (κ3) is 2.34. The van der Waals surface area contributed by atoms with Crippen molar-refractivity contribution in [3.05, 3.63) is 47.5 Å². The summed E-state index contributed by atoms with van der Waals surface area (Å²) < 4.78 is 2.12. The Morgan fingerprint density at radius 3 is 2.80 bits per heavy atom. The molecule has 5 nitrogen and oxygen atoms in total. The lowest BCUT2D eigenvalue weighted by molar-refractivity contribution is 0.135. The van der Waals surface area contributed by atoms with E-state index < -0.39 is 0 Å². The molecule has 2 unspecified atom stereocenters. The number of aromatic nitrogens is 3. The minimum atomic E-state index is 0.0746. The van der Waals surface area contributed by atoms with Crippen LogP contribution in [-0.2, 0) is 13.1 Å². The molecule has 0 aliphatic carbocycles. The van der Waals surface area contributed by atoms with Crippen LogP contribution in [0.15, 0.2) is 30.6 Å². The zero-order valence-corrected chi connectivity index (χ0v) is 12.0. The van der Waals surface area contributed by atoms with Gasteiger partial charge in [0.2, 0.25) is 0 Å². The predicted molar refractivity (Wildman–Crippen MR) is 78.0 cm³/mol. The van der Waals surface area contributed by atoms with Crippen LogP contribution in [0, 0.1) is 6.92 Å². The molecule has 0 saturated carbocycles. The summed E-state index contributed by atoms with van der Waals surface area (Å²) in [4.78, 5) is 2.41. The van der Waals surface area contributed by atoms with Crippen molar-refractivity contribution >= 4 is 0 Å². The Hall–Kier alpha value is -1.72. The minimum absolute atomic E-state index is 0.0746. The van der Waals surface area contributed by atoms with E-state index in [1.807, 2.05) is 0 Å². The highest BCUT2D eigenvalue weighted by molar-refractivity contribution is 5.30. The molecule has 0 saturated heterocycles. The molecule has 2 atom stereocenters. The summed E-state index contributed by atoms with van der Waals surface area (Å²) in [6.45, 7) is 6.94. The van der Waals surface area contributed by atoms with Crippen LogP contribution in [0.3, 0.4) is 0 Å². The average Bonchev–Trinajstić information content (AvgIpc) is 2.88. The molecular formula is C15H21N5. The zero-order chi connectivity index (χ0) is 14.1. The predicted octanol–water partition coefficient (Wildman–Crippen LogP) is 1.49. The fourth-order valence-electron chi connectivity index (χ4n) is 3.05. The topological polar surface area (TPSA) is 60.0 Å². The van der Waals surface area contributed by atoms with E-state index in [4.69, 9.17) is 5.73 Å². The number of aryl methyl sites for hydroxylation is 1. The van der Waals surface area contributed by atoms with Crippen molar-refractivity contribution in [1.82, 2.24) is 19.7 Å². The molecule has 2 N–H and O–H groups in total. The van der Waals surface area contributed by atoms with Gasteiger partial charge in [-0.3, -0.25) is 4.90 Å². The van der Waals surface area contributed by atoms with Gasteiger partial charge in [0.25, 0.3) is 0 Å². The molecule has 0 bridgehead atoms. The van der Waals surface area contributed by atoms with Gasteiger partial charge in [-0.1, -0.05) is 24.3 Å². The highest BCUT2D eigenvalue weighted by atomic mass is 15.3. The van der Waals surface area contributed by atoms with Gasteiger partial charge in [0.15, 0.2) is 0 Å². The molecule has 1 aromatic heterocycles. The summed E-state index contributed by atoms with van der Waals surface area (Å²) in [7, 11) is 0. The number of nitrogens with two attached hydrogens (primary N) is 1. The summed E-state index contributed by atoms with van der Waals surface area (Å²) in [6, 6.07) is 8.79. The standard InChI is InChI=1S/C15H21N5/c1-11-5-3-4-6-13(11)15(12(2)16)19-7-8-20-10-17-18-14(20)9-19/h3-6,10,12,15H,7-9,16H2,1-2H3. The number of fused-ring (bicyclic) bond motifs is 1. The van der Waals surface area contributed by atoms with Crippen LogP contribution >= 0.6 is 0 Å². The zero-order valence-electron chi connectivity index (χ0n) is 12.0. The van der Waals surface area contributed by atoms with Crippen LogP contribution in [0.5, 0.6) is 0 Å². The Morgan fingerprint density at radius 1 is 1.25 bits per heavy atom. The molecule has 1 aliphatic rings. The second-order valence-corrected chi connectivity index (χ2v) is 5.57. The highest BCUT2D eigenvalue weighted by Gasteiger charge is 2.29. The van der Waals surface area contributed by atoms with Crippen molar-refractivity contribution in [2.75, 3.05) is 6.54 Å². The van der Waals surface area contributed by atoms with Crippen molar-refractivity contribution in [3.63, 3.8) is 0 Å². The van der Waals surface area contributed by atoms with Gasteiger partial charge in [-0.05, 0) is 25.0 Å². The van der Waals surface area contributed by atoms with E-state index in [1.165, 1.54) is 11.1 Å². The first-order chi connectivity index (χ1) is 9.66. The van der Waals surface area contributed by atoms with Gasteiger partial charge in [-0.25, -0.2) is 0 Å². The molecule has 20 heavy (non-hydrogen) atoms. The Morgan fingerprint density at radius 2 is 2.05 bits per heavy atom. The average molecular weight is 271 g/mol. The Labute approximate surface area is 119 Å². The second kappa shape index (κ2) is 5.34. The number of rotatable bonds is 3. The van der Waals surface area contributed by atoms with Crippen LogP contribution in [-0.4, -0.2) is 32.3 Å². The first-order valence-electron chi connectivity index (χ1n) is 7.08. The van der Waals surface area contributed by atoms with Gasteiger partial charge in [0.05, 0.1) is 12.6 Å². The van der Waals surface area contributed by atoms with Crippen LogP contribution < -0.4 is 5.73 Å². The summed E-state index contributed by atoms with van der Waals surface area (Å²) in [5.74, 6) is 1.02. The highest BCUT2D eigenvalue weighted by Crippen LogP contribution is 2.29. The summed E-state index contributed by atoms with van der Waals surface area (Å²) in [6.07, 6.45) is 1.81. The third-order valence-electron chi connectivity index (χ3n) is 4.07. The van der Waals surface area contributed by atoms with E-state index in [1.54, 1.807) is 6.33 Å². The molecule has 3 rings (SSSR count). The maximum Gasteiger partial charge on any atom is 0.147 e. The van der Waals surface area contributed by atoms with Gasteiger partial charge in [0, 0.05) is 19.1 Å². The molecule has 0 spiro atoms. The van der Waals surface area contributed by atoms with Gasteiger partial charge >= 0.3 is 0 Å². The van der Waals surface area contributed by atoms with Crippen molar-refractivity contribution < 1.29 is 0 Å². The lowest BCUT2D eigenvalue weighted by Crippen LogP contribution is -2.43. The molecule has 1 aliphatic heterocycles. The van der Waals surface area contributed by atoms with Gasteiger partial charge < -0.3 is 10.3 Å². The smallest absolute Gasteiger partial charge is 0.147 e. The quantitative estimate of drug-likeness (QED) is 0.919. The lowest BCUT2D eigenvalue weighted by Gasteiger charge is -2.37. The van der Waals surface area contributed by atoms with Crippen LogP contribution in [0.25, 0.3) is 0 Å². The van der Waals surface area contributed by atoms with E-state index in [0.29, 0.717) is 0 Å². The van der Waals surface area contributed by atoms with E-state index >= 15 is 0 Å². The fourth-order valence-corrected chi connectivity index (χ4v) is 3.05. The summed E-state index contributed by atoms with van der Waals surface area (Å²) in [5.41, 5.74) is 8.89. The monoisotopic (exact) mass is 271 g/mol. The number of hydrogen-bond donors (Lipinski definition) is 1. The molecule has 2 heterocycles. The summed E-state index contributed by atoms with van der Waals surface area (Å²) in [5, 5.41) is 8.18. The van der Waals surface area contributed by atoms with Crippen molar-refractivity contribution in [3.8, 4) is 0 Å². The Bertz CT molecular complexity index is 589. The van der Waals surface area contributed by atoms with E-state index in [-0.39, 0.29) is 12.1 Å². The molecule has 1 aromatic carbocycles. The Balaban J connectivity index is 1.91. The Kier molecular flexibility index (Phi) is 3.54. The molecule has 0 radical (unpaired) electrons. The first-order valence-corrected chi connectivity index (χ1v) is 7.08. The van der Waals surface area contributed by atoms with Crippen molar-refractivity contribution in [2.24, 2.45) is 5.73 Å². The second-order valence-electron chi connectivity index (χ2n) is 5.57. The van der Waals surface area contributed by atoms with E-state index in [0.717, 1.165) is 25.5 Å². The van der Waals surface area contributed by atoms with E-state index in [9.17, 15) is 0 Å². The summed E-state index contributed by atoms with van der Waals surface area (Å²) >= 11 is 0. The first kappa shape index (κ1) is 13.3. The van der Waals surface area contributed by atoms with Gasteiger partial charge in [0.1, 0.15) is 12.2 Å². The third-order valence-corrected chi connectivity index (χ3v) is 4.07. The molecule has 0 amide bonds.